The number of hydrogen-bond acceptors (Lipinski definition) is 6. The van der Waals surface area contributed by atoms with Crippen LogP contribution in [0.25, 0.3) is 0 Å². The highest BCUT2D eigenvalue weighted by atomic mass is 16.7. The smallest absolute Gasteiger partial charge is 0.243 e. The van der Waals surface area contributed by atoms with Crippen LogP contribution in [0, 0.1) is 0 Å². The van der Waals surface area contributed by atoms with Crippen LogP contribution in [0.2, 0.25) is 0 Å². The lowest BCUT2D eigenvalue weighted by molar-refractivity contribution is -0.188. The Morgan fingerprint density at radius 2 is 1.95 bits per heavy atom. The molecule has 21 heavy (non-hydrogen) atoms. The molecule has 6 heteroatoms. The quantitative estimate of drug-likeness (QED) is 0.831. The normalized spacial score (nSPS) is 23.7. The van der Waals surface area contributed by atoms with Gasteiger partial charge in [-0.15, -0.1) is 0 Å². The Morgan fingerprint density at radius 3 is 2.62 bits per heavy atom. The van der Waals surface area contributed by atoms with Crippen LogP contribution >= 0.6 is 0 Å². The number of unbranched alkanes of at least 4 members (excludes halogenated alkanes) is 1. The SMILES string of the molecule is CCCCc1noc(C(C)N2CCC3(CC2)OCCO3)n1. The van der Waals surface area contributed by atoms with Gasteiger partial charge in [0.25, 0.3) is 0 Å². The number of ether oxygens (including phenoxy) is 2. The van der Waals surface area contributed by atoms with Crippen molar-refractivity contribution in [3.05, 3.63) is 11.7 Å². The van der Waals surface area contributed by atoms with Crippen LogP contribution < -0.4 is 0 Å². The molecule has 2 aliphatic rings. The first-order valence-electron chi connectivity index (χ1n) is 8.07. The highest BCUT2D eigenvalue weighted by molar-refractivity contribution is 4.95. The molecule has 1 unspecified atom stereocenters. The predicted molar refractivity (Wildman–Crippen MR) is 76.8 cm³/mol. The highest BCUT2D eigenvalue weighted by Crippen LogP contribution is 2.34. The number of aromatic nitrogens is 2. The van der Waals surface area contributed by atoms with E-state index in [4.69, 9.17) is 14.0 Å². The maximum Gasteiger partial charge on any atom is 0.243 e. The molecular formula is C15H25N3O3. The fourth-order valence-electron chi connectivity index (χ4n) is 3.07. The standard InChI is InChI=1S/C15H25N3O3/c1-3-4-5-13-16-14(21-17-13)12(2)18-8-6-15(7-9-18)19-10-11-20-15/h12H,3-11H2,1-2H3. The summed E-state index contributed by atoms with van der Waals surface area (Å²) >= 11 is 0. The van der Waals surface area contributed by atoms with E-state index in [1.54, 1.807) is 0 Å². The minimum absolute atomic E-state index is 0.159. The molecule has 0 bridgehead atoms. The van der Waals surface area contributed by atoms with Gasteiger partial charge < -0.3 is 14.0 Å². The summed E-state index contributed by atoms with van der Waals surface area (Å²) in [6.45, 7) is 7.62. The summed E-state index contributed by atoms with van der Waals surface area (Å²) in [5.41, 5.74) is 0. The van der Waals surface area contributed by atoms with E-state index in [0.717, 1.165) is 70.1 Å². The monoisotopic (exact) mass is 295 g/mol. The Labute approximate surface area is 125 Å². The van der Waals surface area contributed by atoms with E-state index in [2.05, 4.69) is 28.9 Å². The van der Waals surface area contributed by atoms with Crippen molar-refractivity contribution in [2.75, 3.05) is 26.3 Å². The third-order valence-corrected chi connectivity index (χ3v) is 4.52. The lowest BCUT2D eigenvalue weighted by atomic mass is 10.0. The summed E-state index contributed by atoms with van der Waals surface area (Å²) in [6, 6.07) is 0.159. The van der Waals surface area contributed by atoms with E-state index >= 15 is 0 Å². The number of rotatable bonds is 5. The summed E-state index contributed by atoms with van der Waals surface area (Å²) in [6.07, 6.45) is 4.97. The van der Waals surface area contributed by atoms with Gasteiger partial charge >= 0.3 is 0 Å². The van der Waals surface area contributed by atoms with E-state index < -0.39 is 0 Å². The van der Waals surface area contributed by atoms with Crippen LogP contribution in [-0.4, -0.2) is 47.1 Å². The van der Waals surface area contributed by atoms with Gasteiger partial charge in [0.05, 0.1) is 19.3 Å². The van der Waals surface area contributed by atoms with Crippen molar-refractivity contribution in [3.63, 3.8) is 0 Å². The largest absolute Gasteiger partial charge is 0.347 e. The van der Waals surface area contributed by atoms with Crippen molar-refractivity contribution in [2.24, 2.45) is 0 Å². The zero-order chi connectivity index (χ0) is 14.7. The predicted octanol–water partition coefficient (Wildman–Crippen LogP) is 2.31. The molecule has 1 aromatic rings. The highest BCUT2D eigenvalue weighted by Gasteiger charge is 2.41. The fourth-order valence-corrected chi connectivity index (χ4v) is 3.07. The summed E-state index contributed by atoms with van der Waals surface area (Å²) in [5, 5.41) is 4.08. The molecule has 0 saturated carbocycles. The van der Waals surface area contributed by atoms with Gasteiger partial charge in [0, 0.05) is 32.4 Å². The van der Waals surface area contributed by atoms with Crippen molar-refractivity contribution in [3.8, 4) is 0 Å². The summed E-state index contributed by atoms with van der Waals surface area (Å²) in [5.74, 6) is 1.23. The second kappa shape index (κ2) is 6.42. The van der Waals surface area contributed by atoms with E-state index in [-0.39, 0.29) is 11.8 Å². The van der Waals surface area contributed by atoms with Gasteiger partial charge in [-0.2, -0.15) is 4.98 Å². The molecule has 1 aromatic heterocycles. The maximum absolute atomic E-state index is 5.76. The van der Waals surface area contributed by atoms with Crippen molar-refractivity contribution in [1.82, 2.24) is 15.0 Å². The lowest BCUT2D eigenvalue weighted by Crippen LogP contribution is -2.45. The Kier molecular flexibility index (Phi) is 4.57. The summed E-state index contributed by atoms with van der Waals surface area (Å²) in [4.78, 5) is 6.90. The van der Waals surface area contributed by atoms with Gasteiger partial charge in [-0.05, 0) is 13.3 Å². The average Bonchev–Trinajstić information content (AvgIpc) is 3.15. The van der Waals surface area contributed by atoms with Gasteiger partial charge in [0.1, 0.15) is 0 Å². The minimum atomic E-state index is -0.322. The topological polar surface area (TPSA) is 60.6 Å². The number of aryl methyl sites for hydroxylation is 1. The molecule has 3 rings (SSSR count). The Balaban J connectivity index is 1.56. The van der Waals surface area contributed by atoms with Crippen LogP contribution in [-0.2, 0) is 15.9 Å². The van der Waals surface area contributed by atoms with Crippen molar-refractivity contribution >= 4 is 0 Å². The van der Waals surface area contributed by atoms with Crippen LogP contribution in [0.1, 0.15) is 57.3 Å². The molecular weight excluding hydrogens is 270 g/mol. The molecule has 2 aliphatic heterocycles. The minimum Gasteiger partial charge on any atom is -0.347 e. The molecule has 6 nitrogen and oxygen atoms in total. The fraction of sp³-hybridized carbons (Fsp3) is 0.867. The molecule has 0 radical (unpaired) electrons. The third kappa shape index (κ3) is 3.27. The van der Waals surface area contributed by atoms with Crippen LogP contribution in [0.3, 0.4) is 0 Å². The molecule has 3 heterocycles. The zero-order valence-electron chi connectivity index (χ0n) is 13.0. The van der Waals surface area contributed by atoms with E-state index in [9.17, 15) is 0 Å². The molecule has 118 valence electrons. The first-order chi connectivity index (χ1) is 10.2. The van der Waals surface area contributed by atoms with Crippen molar-refractivity contribution in [2.45, 2.75) is 57.8 Å². The molecule has 0 aliphatic carbocycles. The van der Waals surface area contributed by atoms with Gasteiger partial charge in [-0.1, -0.05) is 18.5 Å². The number of hydrogen-bond donors (Lipinski definition) is 0. The first kappa shape index (κ1) is 14.9. The van der Waals surface area contributed by atoms with Crippen molar-refractivity contribution in [1.29, 1.82) is 0 Å². The van der Waals surface area contributed by atoms with Gasteiger partial charge in [-0.3, -0.25) is 4.90 Å². The molecule has 0 N–H and O–H groups in total. The Bertz CT molecular complexity index is 447. The molecule has 2 saturated heterocycles. The first-order valence-corrected chi connectivity index (χ1v) is 8.07. The molecule has 1 spiro atoms. The van der Waals surface area contributed by atoms with Crippen LogP contribution in [0.4, 0.5) is 0 Å². The van der Waals surface area contributed by atoms with Crippen LogP contribution in [0.15, 0.2) is 4.52 Å². The second-order valence-corrected chi connectivity index (χ2v) is 5.97. The van der Waals surface area contributed by atoms with E-state index in [0.29, 0.717) is 0 Å². The lowest BCUT2D eigenvalue weighted by Gasteiger charge is -2.39. The molecule has 2 fully saturated rings. The summed E-state index contributed by atoms with van der Waals surface area (Å²) < 4.78 is 17.0. The molecule has 0 amide bonds. The second-order valence-electron chi connectivity index (χ2n) is 5.97. The number of piperidine rings is 1. The van der Waals surface area contributed by atoms with E-state index in [1.165, 1.54) is 0 Å². The van der Waals surface area contributed by atoms with Crippen LogP contribution in [0.5, 0.6) is 0 Å². The molecule has 0 aromatic carbocycles. The maximum atomic E-state index is 5.76. The Morgan fingerprint density at radius 1 is 1.24 bits per heavy atom. The van der Waals surface area contributed by atoms with Gasteiger partial charge in [0.15, 0.2) is 11.6 Å². The summed E-state index contributed by atoms with van der Waals surface area (Å²) in [7, 11) is 0. The van der Waals surface area contributed by atoms with Gasteiger partial charge in [-0.25, -0.2) is 0 Å². The zero-order valence-corrected chi connectivity index (χ0v) is 13.0. The molecule has 1 atom stereocenters. The third-order valence-electron chi connectivity index (χ3n) is 4.52. The van der Waals surface area contributed by atoms with Crippen molar-refractivity contribution < 1.29 is 14.0 Å². The van der Waals surface area contributed by atoms with Gasteiger partial charge in [0.2, 0.25) is 5.89 Å². The average molecular weight is 295 g/mol. The Hall–Kier alpha value is -0.980. The number of nitrogens with zero attached hydrogens (tertiary/aromatic N) is 3. The number of likely N-dealkylation sites (tertiary alicyclic amines) is 1. The van der Waals surface area contributed by atoms with E-state index in [1.807, 2.05) is 0 Å².